The molecule has 0 atom stereocenters. The van der Waals surface area contributed by atoms with Crippen LogP contribution < -0.4 is 24.8 Å². The molecule has 0 bridgehead atoms. The average molecular weight is 488 g/mol. The van der Waals surface area contributed by atoms with E-state index < -0.39 is 0 Å². The first-order valence-electron chi connectivity index (χ1n) is 11.0. The smallest absolute Gasteiger partial charge is 0.262 e. The molecule has 3 N–H and O–H groups in total. The summed E-state index contributed by atoms with van der Waals surface area (Å²) in [4.78, 5) is 29.5. The molecule has 36 heavy (non-hydrogen) atoms. The van der Waals surface area contributed by atoms with Crippen molar-refractivity contribution >= 4 is 23.2 Å². The van der Waals surface area contributed by atoms with Crippen LogP contribution in [0, 0.1) is 6.92 Å². The van der Waals surface area contributed by atoms with Gasteiger partial charge in [-0.1, -0.05) is 24.3 Å². The number of H-pyrrole nitrogens is 1. The zero-order chi connectivity index (χ0) is 25.5. The minimum Gasteiger partial charge on any atom is -0.495 e. The Morgan fingerprint density at radius 2 is 1.69 bits per heavy atom. The van der Waals surface area contributed by atoms with Crippen LogP contribution in [-0.4, -0.2) is 47.8 Å². The van der Waals surface area contributed by atoms with Crippen molar-refractivity contribution in [3.05, 3.63) is 78.1 Å². The molecule has 0 aliphatic carbocycles. The summed E-state index contributed by atoms with van der Waals surface area (Å²) >= 11 is 0. The number of amides is 2. The molecule has 1 heterocycles. The molecular formula is C26H25N5O5. The number of hydrogen-bond acceptors (Lipinski definition) is 7. The van der Waals surface area contributed by atoms with Crippen molar-refractivity contribution < 1.29 is 23.8 Å². The number of carbonyl (C=O) groups excluding carboxylic acids is 2. The van der Waals surface area contributed by atoms with E-state index in [1.54, 1.807) is 48.5 Å². The quantitative estimate of drug-likeness (QED) is 0.325. The lowest BCUT2D eigenvalue weighted by Crippen LogP contribution is -2.20. The first-order valence-corrected chi connectivity index (χ1v) is 11.0. The van der Waals surface area contributed by atoms with Crippen molar-refractivity contribution in [3.8, 4) is 28.6 Å². The Morgan fingerprint density at radius 3 is 2.44 bits per heavy atom. The largest absolute Gasteiger partial charge is 0.495 e. The summed E-state index contributed by atoms with van der Waals surface area (Å²) in [6.07, 6.45) is 0. The van der Waals surface area contributed by atoms with Gasteiger partial charge in [-0.2, -0.15) is 5.10 Å². The van der Waals surface area contributed by atoms with Crippen LogP contribution >= 0.6 is 0 Å². The fourth-order valence-electron chi connectivity index (χ4n) is 3.42. The van der Waals surface area contributed by atoms with E-state index in [1.807, 2.05) is 25.1 Å². The molecule has 3 aromatic carbocycles. The van der Waals surface area contributed by atoms with Crippen molar-refractivity contribution in [2.45, 2.75) is 6.92 Å². The highest BCUT2D eigenvalue weighted by molar-refractivity contribution is 6.05. The first kappa shape index (κ1) is 24.3. The van der Waals surface area contributed by atoms with Crippen molar-refractivity contribution in [3.63, 3.8) is 0 Å². The number of nitrogens with one attached hydrogen (secondary N) is 3. The van der Waals surface area contributed by atoms with Crippen LogP contribution in [0.15, 0.2) is 66.7 Å². The molecule has 0 fully saturated rings. The van der Waals surface area contributed by atoms with E-state index in [1.165, 1.54) is 14.2 Å². The van der Waals surface area contributed by atoms with Crippen molar-refractivity contribution in [2.24, 2.45) is 0 Å². The number of benzene rings is 3. The predicted octanol–water partition coefficient (Wildman–Crippen LogP) is 4.07. The maximum Gasteiger partial charge on any atom is 0.262 e. The Labute approximate surface area is 207 Å². The van der Waals surface area contributed by atoms with Gasteiger partial charge in [-0.25, -0.2) is 4.98 Å². The molecular weight excluding hydrogens is 462 g/mol. The summed E-state index contributed by atoms with van der Waals surface area (Å²) in [6.45, 7) is 1.56. The molecule has 10 heteroatoms. The summed E-state index contributed by atoms with van der Waals surface area (Å²) in [5.74, 6) is 1.72. The van der Waals surface area contributed by atoms with E-state index in [4.69, 9.17) is 14.2 Å². The van der Waals surface area contributed by atoms with Gasteiger partial charge in [-0.15, -0.1) is 0 Å². The fourth-order valence-corrected chi connectivity index (χ4v) is 3.42. The normalized spacial score (nSPS) is 10.4. The Bertz CT molecular complexity index is 1380. The van der Waals surface area contributed by atoms with E-state index in [0.29, 0.717) is 45.8 Å². The van der Waals surface area contributed by atoms with Gasteiger partial charge in [0.2, 0.25) is 0 Å². The molecule has 184 valence electrons. The zero-order valence-electron chi connectivity index (χ0n) is 20.0. The van der Waals surface area contributed by atoms with E-state index in [-0.39, 0.29) is 18.4 Å². The maximum absolute atomic E-state index is 12.9. The number of methoxy groups -OCH3 is 2. The molecule has 0 saturated heterocycles. The second kappa shape index (κ2) is 11.0. The van der Waals surface area contributed by atoms with Gasteiger partial charge < -0.3 is 24.8 Å². The van der Waals surface area contributed by atoms with E-state index >= 15 is 0 Å². The average Bonchev–Trinajstić information content (AvgIpc) is 3.34. The lowest BCUT2D eigenvalue weighted by molar-refractivity contribution is -0.118. The number of ether oxygens (including phenoxy) is 3. The topological polar surface area (TPSA) is 127 Å². The van der Waals surface area contributed by atoms with Gasteiger partial charge in [0.1, 0.15) is 11.6 Å². The standard InChI is InChI=1S/C26H25N5O5/c1-16-27-25(31-30-16)17-7-6-8-19(13-17)28-26(33)18-11-12-22(23(14-18)35-3)36-15-24(32)29-20-9-4-5-10-21(20)34-2/h4-14H,15H2,1-3H3,(H,28,33)(H,29,32)(H,27,30,31). The number of aromatic nitrogens is 3. The van der Waals surface area contributed by atoms with Gasteiger partial charge in [0.25, 0.3) is 11.8 Å². The fraction of sp³-hybridized carbons (Fsp3) is 0.154. The van der Waals surface area contributed by atoms with E-state index in [2.05, 4.69) is 25.8 Å². The Balaban J connectivity index is 1.40. The number of anilines is 2. The highest BCUT2D eigenvalue weighted by Crippen LogP contribution is 2.29. The van der Waals surface area contributed by atoms with Gasteiger partial charge in [0.05, 0.1) is 19.9 Å². The number of aromatic amines is 1. The van der Waals surface area contributed by atoms with Crippen LogP contribution in [0.5, 0.6) is 17.2 Å². The first-order chi connectivity index (χ1) is 17.5. The third kappa shape index (κ3) is 5.79. The molecule has 0 aliphatic rings. The molecule has 10 nitrogen and oxygen atoms in total. The minimum atomic E-state index is -0.371. The van der Waals surface area contributed by atoms with Crippen LogP contribution in [0.3, 0.4) is 0 Å². The lowest BCUT2D eigenvalue weighted by Gasteiger charge is -2.13. The second-order valence-corrected chi connectivity index (χ2v) is 7.68. The highest BCUT2D eigenvalue weighted by Gasteiger charge is 2.14. The number of nitrogens with zero attached hydrogens (tertiary/aromatic N) is 2. The number of rotatable bonds is 9. The summed E-state index contributed by atoms with van der Waals surface area (Å²) in [5, 5.41) is 12.5. The number of para-hydroxylation sites is 2. The summed E-state index contributed by atoms with van der Waals surface area (Å²) < 4.78 is 16.2. The molecule has 1 aromatic heterocycles. The van der Waals surface area contributed by atoms with Crippen molar-refractivity contribution in [1.82, 2.24) is 15.2 Å². The predicted molar refractivity (Wildman–Crippen MR) is 135 cm³/mol. The van der Waals surface area contributed by atoms with Crippen LogP contribution in [0.1, 0.15) is 16.2 Å². The molecule has 2 amide bonds. The highest BCUT2D eigenvalue weighted by atomic mass is 16.5. The molecule has 0 unspecified atom stereocenters. The number of carbonyl (C=O) groups is 2. The Hall–Kier alpha value is -4.86. The Kier molecular flexibility index (Phi) is 7.45. The molecule has 0 aliphatic heterocycles. The molecule has 4 aromatic rings. The van der Waals surface area contributed by atoms with Crippen molar-refractivity contribution in [1.29, 1.82) is 0 Å². The minimum absolute atomic E-state index is 0.257. The second-order valence-electron chi connectivity index (χ2n) is 7.68. The van der Waals surface area contributed by atoms with Crippen LogP contribution in [-0.2, 0) is 4.79 Å². The van der Waals surface area contributed by atoms with Gasteiger partial charge in [0.15, 0.2) is 23.9 Å². The van der Waals surface area contributed by atoms with E-state index in [9.17, 15) is 9.59 Å². The zero-order valence-corrected chi connectivity index (χ0v) is 20.0. The molecule has 0 spiro atoms. The number of aryl methyl sites for hydroxylation is 1. The third-order valence-corrected chi connectivity index (χ3v) is 5.14. The summed E-state index contributed by atoms with van der Waals surface area (Å²) in [6, 6.07) is 19.0. The molecule has 0 radical (unpaired) electrons. The lowest BCUT2D eigenvalue weighted by atomic mass is 10.1. The van der Waals surface area contributed by atoms with Crippen LogP contribution in [0.4, 0.5) is 11.4 Å². The van der Waals surface area contributed by atoms with Crippen LogP contribution in [0.2, 0.25) is 0 Å². The summed E-state index contributed by atoms with van der Waals surface area (Å²) in [5.41, 5.74) is 2.25. The third-order valence-electron chi connectivity index (χ3n) is 5.14. The Morgan fingerprint density at radius 1 is 0.889 bits per heavy atom. The van der Waals surface area contributed by atoms with E-state index in [0.717, 1.165) is 5.56 Å². The van der Waals surface area contributed by atoms with Gasteiger partial charge >= 0.3 is 0 Å². The molecule has 0 saturated carbocycles. The van der Waals surface area contributed by atoms with Gasteiger partial charge in [-0.3, -0.25) is 14.7 Å². The molecule has 4 rings (SSSR count). The van der Waals surface area contributed by atoms with Crippen LogP contribution in [0.25, 0.3) is 11.4 Å². The van der Waals surface area contributed by atoms with Crippen molar-refractivity contribution in [2.75, 3.05) is 31.5 Å². The summed E-state index contributed by atoms with van der Waals surface area (Å²) in [7, 11) is 2.99. The number of hydrogen-bond donors (Lipinski definition) is 3. The maximum atomic E-state index is 12.9. The van der Waals surface area contributed by atoms with Gasteiger partial charge in [0, 0.05) is 16.8 Å². The SMILES string of the molecule is COc1ccccc1NC(=O)COc1ccc(C(=O)Nc2cccc(-c3n[nH]c(C)n3)c2)cc1OC. The van der Waals surface area contributed by atoms with Gasteiger partial charge in [-0.05, 0) is 49.4 Å². The monoisotopic (exact) mass is 487 g/mol.